The summed E-state index contributed by atoms with van der Waals surface area (Å²) in [6.45, 7) is 0.203. The fraction of sp³-hybridized carbons (Fsp3) is 0.0800. The number of rotatable bonds is 6. The summed E-state index contributed by atoms with van der Waals surface area (Å²) in [6.07, 6.45) is 1.71. The summed E-state index contributed by atoms with van der Waals surface area (Å²) in [7, 11) is 1.53. The number of nitriles is 1. The maximum Gasteiger partial charge on any atom is 0.270 e. The number of hydrogen-bond donors (Lipinski definition) is 0. The second-order valence-corrected chi connectivity index (χ2v) is 10.5. The van der Waals surface area contributed by atoms with Crippen molar-refractivity contribution >= 4 is 80.2 Å². The molecule has 35 heavy (non-hydrogen) atoms. The van der Waals surface area contributed by atoms with Crippen LogP contribution in [0.25, 0.3) is 6.08 Å². The van der Waals surface area contributed by atoms with Gasteiger partial charge in [-0.2, -0.15) is 5.26 Å². The molecule has 3 aromatic carbocycles. The number of benzene rings is 3. The molecule has 5 nitrogen and oxygen atoms in total. The summed E-state index contributed by atoms with van der Waals surface area (Å²) in [4.78, 5) is 14.8. The summed E-state index contributed by atoms with van der Waals surface area (Å²) in [5.74, 6) is 0.117. The smallest absolute Gasteiger partial charge is 0.270 e. The lowest BCUT2D eigenvalue weighted by molar-refractivity contribution is -0.113. The standard InChI is InChI=1S/C25H15ClFIN2O3S2/c1-32-21-9-14(8-20(28)23(21)33-13-16-5-3-2-4-15(16)12-29)10-22-24(31)30(25(34)35-22)17-6-7-19(27)18(26)11-17/h2-11H,13H2,1H3/b22-10+. The van der Waals surface area contributed by atoms with Gasteiger partial charge in [-0.15, -0.1) is 0 Å². The zero-order chi connectivity index (χ0) is 25.1. The molecule has 0 bridgehead atoms. The summed E-state index contributed by atoms with van der Waals surface area (Å²) in [6, 6.07) is 17.0. The monoisotopic (exact) mass is 636 g/mol. The van der Waals surface area contributed by atoms with Gasteiger partial charge in [-0.05, 0) is 70.6 Å². The predicted molar refractivity (Wildman–Crippen MR) is 148 cm³/mol. The van der Waals surface area contributed by atoms with Gasteiger partial charge < -0.3 is 9.47 Å². The first-order valence-electron chi connectivity index (χ1n) is 10.0. The average Bonchev–Trinajstić information content (AvgIpc) is 3.12. The molecule has 0 spiro atoms. The molecule has 1 aliphatic heterocycles. The van der Waals surface area contributed by atoms with Gasteiger partial charge >= 0.3 is 0 Å². The van der Waals surface area contributed by atoms with Gasteiger partial charge in [0.1, 0.15) is 12.4 Å². The van der Waals surface area contributed by atoms with Crippen LogP contribution >= 0.6 is 58.2 Å². The average molecular weight is 637 g/mol. The fourth-order valence-electron chi connectivity index (χ4n) is 3.33. The number of thiocarbonyl (C=S) groups is 1. The Bertz CT molecular complexity index is 1420. The lowest BCUT2D eigenvalue weighted by atomic mass is 10.1. The van der Waals surface area contributed by atoms with Crippen LogP contribution in [0, 0.1) is 20.7 Å². The van der Waals surface area contributed by atoms with E-state index in [1.165, 1.54) is 30.2 Å². The molecular formula is C25H15ClFIN2O3S2. The van der Waals surface area contributed by atoms with E-state index in [0.29, 0.717) is 37.5 Å². The fourth-order valence-corrected chi connectivity index (χ4v) is 5.59. The topological polar surface area (TPSA) is 62.6 Å². The largest absolute Gasteiger partial charge is 0.493 e. The van der Waals surface area contributed by atoms with E-state index in [2.05, 4.69) is 28.7 Å². The molecule has 176 valence electrons. The van der Waals surface area contributed by atoms with Crippen molar-refractivity contribution in [2.45, 2.75) is 6.61 Å². The van der Waals surface area contributed by atoms with Crippen LogP contribution in [-0.4, -0.2) is 17.3 Å². The Morgan fingerprint density at radius 2 is 2.03 bits per heavy atom. The van der Waals surface area contributed by atoms with Gasteiger partial charge in [-0.25, -0.2) is 4.39 Å². The van der Waals surface area contributed by atoms with Crippen molar-refractivity contribution in [2.75, 3.05) is 12.0 Å². The van der Waals surface area contributed by atoms with E-state index in [0.717, 1.165) is 20.9 Å². The maximum atomic E-state index is 13.6. The first-order chi connectivity index (χ1) is 16.8. The van der Waals surface area contributed by atoms with Gasteiger partial charge in [0.2, 0.25) is 0 Å². The molecule has 4 rings (SSSR count). The van der Waals surface area contributed by atoms with Gasteiger partial charge in [-0.1, -0.05) is 53.8 Å². The number of hydrogen-bond acceptors (Lipinski definition) is 6. The number of carbonyl (C=O) groups is 1. The van der Waals surface area contributed by atoms with E-state index in [4.69, 9.17) is 33.3 Å². The molecule has 0 radical (unpaired) electrons. The van der Waals surface area contributed by atoms with Gasteiger partial charge in [-0.3, -0.25) is 9.69 Å². The molecule has 0 aromatic heterocycles. The van der Waals surface area contributed by atoms with Gasteiger partial charge in [0.05, 0.1) is 37.9 Å². The van der Waals surface area contributed by atoms with Crippen LogP contribution in [0.3, 0.4) is 0 Å². The van der Waals surface area contributed by atoms with Crippen LogP contribution in [0.5, 0.6) is 11.5 Å². The Kier molecular flexibility index (Phi) is 7.96. The minimum atomic E-state index is -0.573. The molecule has 0 atom stereocenters. The highest BCUT2D eigenvalue weighted by atomic mass is 127. The minimum absolute atomic E-state index is 0.0900. The normalized spacial score (nSPS) is 14.4. The molecule has 1 amide bonds. The van der Waals surface area contributed by atoms with Gasteiger partial charge in [0.15, 0.2) is 15.8 Å². The van der Waals surface area contributed by atoms with Crippen LogP contribution in [0.1, 0.15) is 16.7 Å². The third-order valence-electron chi connectivity index (χ3n) is 5.01. The number of halogens is 3. The number of carbonyl (C=O) groups excluding carboxylic acids is 1. The number of nitrogens with zero attached hydrogens (tertiary/aromatic N) is 2. The van der Waals surface area contributed by atoms with Crippen molar-refractivity contribution < 1.29 is 18.7 Å². The van der Waals surface area contributed by atoms with E-state index in [1.54, 1.807) is 24.3 Å². The van der Waals surface area contributed by atoms with Crippen LogP contribution in [0.4, 0.5) is 10.1 Å². The Labute approximate surface area is 229 Å². The van der Waals surface area contributed by atoms with Crippen molar-refractivity contribution in [3.8, 4) is 17.6 Å². The van der Waals surface area contributed by atoms with E-state index in [9.17, 15) is 14.4 Å². The number of amides is 1. The summed E-state index contributed by atoms with van der Waals surface area (Å²) in [5.41, 5.74) is 2.42. The molecule has 0 unspecified atom stereocenters. The van der Waals surface area contributed by atoms with Crippen LogP contribution < -0.4 is 14.4 Å². The second kappa shape index (κ2) is 11.0. The molecule has 10 heteroatoms. The highest BCUT2D eigenvalue weighted by molar-refractivity contribution is 14.1. The lowest BCUT2D eigenvalue weighted by Gasteiger charge is -2.15. The number of thioether (sulfide) groups is 1. The molecule has 1 heterocycles. The van der Waals surface area contributed by atoms with E-state index in [1.807, 2.05) is 18.2 Å². The maximum absolute atomic E-state index is 13.6. The van der Waals surface area contributed by atoms with E-state index in [-0.39, 0.29) is 17.5 Å². The number of methoxy groups -OCH3 is 1. The first kappa shape index (κ1) is 25.4. The minimum Gasteiger partial charge on any atom is -0.493 e. The quantitative estimate of drug-likeness (QED) is 0.166. The van der Waals surface area contributed by atoms with E-state index < -0.39 is 5.82 Å². The Morgan fingerprint density at radius 1 is 1.26 bits per heavy atom. The Hall–Kier alpha value is -2.65. The van der Waals surface area contributed by atoms with Crippen LogP contribution in [0.15, 0.2) is 59.5 Å². The summed E-state index contributed by atoms with van der Waals surface area (Å²) >= 11 is 14.5. The van der Waals surface area contributed by atoms with Crippen LogP contribution in [-0.2, 0) is 11.4 Å². The SMILES string of the molecule is COc1cc(/C=C2/SC(=S)N(c3ccc(F)c(Cl)c3)C2=O)cc(I)c1OCc1ccccc1C#N. The molecule has 1 saturated heterocycles. The summed E-state index contributed by atoms with van der Waals surface area (Å²) < 4.78 is 26.2. The van der Waals surface area contributed by atoms with Gasteiger partial charge in [0.25, 0.3) is 5.91 Å². The lowest BCUT2D eigenvalue weighted by Crippen LogP contribution is -2.27. The van der Waals surface area contributed by atoms with Crippen molar-refractivity contribution in [1.82, 2.24) is 0 Å². The highest BCUT2D eigenvalue weighted by Crippen LogP contribution is 2.39. The van der Waals surface area contributed by atoms with Gasteiger partial charge in [0, 0.05) is 5.56 Å². The predicted octanol–water partition coefficient (Wildman–Crippen LogP) is 6.95. The Balaban J connectivity index is 1.60. The molecular weight excluding hydrogens is 622 g/mol. The number of anilines is 1. The van der Waals surface area contributed by atoms with Crippen molar-refractivity contribution in [2.24, 2.45) is 0 Å². The highest BCUT2D eigenvalue weighted by Gasteiger charge is 2.33. The van der Waals surface area contributed by atoms with Crippen molar-refractivity contribution in [1.29, 1.82) is 5.26 Å². The molecule has 1 aliphatic rings. The van der Waals surface area contributed by atoms with Crippen molar-refractivity contribution in [3.05, 3.63) is 90.6 Å². The molecule has 0 saturated carbocycles. The van der Waals surface area contributed by atoms with E-state index >= 15 is 0 Å². The summed E-state index contributed by atoms with van der Waals surface area (Å²) in [5, 5.41) is 9.21. The molecule has 0 N–H and O–H groups in total. The number of ether oxygens (including phenoxy) is 2. The van der Waals surface area contributed by atoms with Crippen molar-refractivity contribution in [3.63, 3.8) is 0 Å². The molecule has 1 fully saturated rings. The molecule has 0 aliphatic carbocycles. The zero-order valence-corrected chi connectivity index (χ0v) is 22.6. The Morgan fingerprint density at radius 3 is 2.74 bits per heavy atom. The molecule has 3 aromatic rings. The third-order valence-corrected chi connectivity index (χ3v) is 7.41. The first-order valence-corrected chi connectivity index (χ1v) is 12.7. The third kappa shape index (κ3) is 5.46. The second-order valence-electron chi connectivity index (χ2n) is 7.21. The van der Waals surface area contributed by atoms with Crippen LogP contribution in [0.2, 0.25) is 5.02 Å². The zero-order valence-electron chi connectivity index (χ0n) is 18.1.